The van der Waals surface area contributed by atoms with Crippen LogP contribution in [-0.4, -0.2) is 6.21 Å². The first-order valence-electron chi connectivity index (χ1n) is 8.34. The molecule has 0 aromatic heterocycles. The molecule has 28 heavy (non-hydrogen) atoms. The molecule has 0 aliphatic heterocycles. The maximum absolute atomic E-state index is 13.2. The van der Waals surface area contributed by atoms with Crippen molar-refractivity contribution in [2.45, 2.75) is 12.8 Å². The molecule has 7 heteroatoms. The summed E-state index contributed by atoms with van der Waals surface area (Å²) in [7, 11) is 0. The average Bonchev–Trinajstić information content (AvgIpc) is 2.67. The fourth-order valence-electron chi connectivity index (χ4n) is 2.42. The molecule has 0 heterocycles. The normalized spacial score (nSPS) is 11.6. The fourth-order valence-corrected chi connectivity index (χ4v) is 2.42. The van der Waals surface area contributed by atoms with Crippen LogP contribution in [0.1, 0.15) is 16.7 Å². The number of hydrogen-bond acceptors (Lipinski definition) is 3. The second-order valence-corrected chi connectivity index (χ2v) is 5.90. The van der Waals surface area contributed by atoms with Gasteiger partial charge in [-0.25, -0.2) is 4.39 Å². The SMILES string of the molecule is Fc1cccc(COc2ccccc2/C=N/Nc2ccc(C(F)(F)F)cc2)c1. The number of benzene rings is 3. The van der Waals surface area contributed by atoms with Gasteiger partial charge in [-0.05, 0) is 54.1 Å². The molecule has 0 atom stereocenters. The first-order valence-corrected chi connectivity index (χ1v) is 8.34. The quantitative estimate of drug-likeness (QED) is 0.326. The summed E-state index contributed by atoms with van der Waals surface area (Å²) < 4.78 is 56.7. The van der Waals surface area contributed by atoms with E-state index in [0.717, 1.165) is 12.1 Å². The Bertz CT molecular complexity index is 953. The Morgan fingerprint density at radius 2 is 1.68 bits per heavy atom. The summed E-state index contributed by atoms with van der Waals surface area (Å²) in [6.45, 7) is 0.189. The molecule has 0 fully saturated rings. The second-order valence-electron chi connectivity index (χ2n) is 5.90. The van der Waals surface area contributed by atoms with Gasteiger partial charge >= 0.3 is 6.18 Å². The number of rotatable bonds is 6. The number of hydrazone groups is 1. The Hall–Kier alpha value is -3.35. The molecule has 0 saturated heterocycles. The van der Waals surface area contributed by atoms with Crippen LogP contribution in [0.2, 0.25) is 0 Å². The predicted molar refractivity (Wildman–Crippen MR) is 99.8 cm³/mol. The summed E-state index contributed by atoms with van der Waals surface area (Å²) in [6.07, 6.45) is -2.88. The summed E-state index contributed by atoms with van der Waals surface area (Å²) in [5.74, 6) is 0.210. The van der Waals surface area contributed by atoms with Gasteiger partial charge in [-0.1, -0.05) is 24.3 Å². The van der Waals surface area contributed by atoms with E-state index >= 15 is 0 Å². The number of para-hydroxylation sites is 1. The smallest absolute Gasteiger partial charge is 0.416 e. The Balaban J connectivity index is 1.64. The average molecular weight is 388 g/mol. The van der Waals surface area contributed by atoms with Gasteiger partial charge in [0.05, 0.1) is 17.5 Å². The molecule has 1 N–H and O–H groups in total. The van der Waals surface area contributed by atoms with Crippen molar-refractivity contribution in [3.8, 4) is 5.75 Å². The molecule has 144 valence electrons. The highest BCUT2D eigenvalue weighted by atomic mass is 19.4. The van der Waals surface area contributed by atoms with Crippen LogP contribution in [0.3, 0.4) is 0 Å². The molecular weight excluding hydrogens is 372 g/mol. The van der Waals surface area contributed by atoms with Gasteiger partial charge in [-0.15, -0.1) is 0 Å². The standard InChI is InChI=1S/C21H16F4N2O/c22-18-6-3-4-15(12-18)14-28-20-7-2-1-5-16(20)13-26-27-19-10-8-17(9-11-19)21(23,24)25/h1-13,27H,14H2/b26-13+. The highest BCUT2D eigenvalue weighted by Gasteiger charge is 2.29. The van der Waals surface area contributed by atoms with Crippen LogP contribution in [0.4, 0.5) is 23.2 Å². The van der Waals surface area contributed by atoms with Crippen LogP contribution in [0.5, 0.6) is 5.75 Å². The lowest BCUT2D eigenvalue weighted by atomic mass is 10.2. The van der Waals surface area contributed by atoms with E-state index in [2.05, 4.69) is 10.5 Å². The van der Waals surface area contributed by atoms with Crippen LogP contribution < -0.4 is 10.2 Å². The van der Waals surface area contributed by atoms with Crippen LogP contribution >= 0.6 is 0 Å². The van der Waals surface area contributed by atoms with E-state index in [0.29, 0.717) is 22.6 Å². The van der Waals surface area contributed by atoms with Crippen molar-refractivity contribution in [1.82, 2.24) is 0 Å². The number of hydrogen-bond donors (Lipinski definition) is 1. The van der Waals surface area contributed by atoms with Crippen LogP contribution in [0, 0.1) is 5.82 Å². The maximum atomic E-state index is 13.2. The van der Waals surface area contributed by atoms with Crippen molar-refractivity contribution in [1.29, 1.82) is 0 Å². The van der Waals surface area contributed by atoms with E-state index in [9.17, 15) is 17.6 Å². The molecule has 0 aliphatic carbocycles. The third-order valence-electron chi connectivity index (χ3n) is 3.81. The topological polar surface area (TPSA) is 33.6 Å². The van der Waals surface area contributed by atoms with Crippen molar-refractivity contribution in [3.63, 3.8) is 0 Å². The summed E-state index contributed by atoms with van der Waals surface area (Å²) in [4.78, 5) is 0. The Kier molecular flexibility index (Phi) is 5.93. The Morgan fingerprint density at radius 1 is 0.929 bits per heavy atom. The van der Waals surface area contributed by atoms with Crippen LogP contribution in [-0.2, 0) is 12.8 Å². The van der Waals surface area contributed by atoms with Crippen LogP contribution in [0.25, 0.3) is 0 Å². The number of nitrogens with one attached hydrogen (secondary N) is 1. The molecular formula is C21H16F4N2O. The van der Waals surface area contributed by atoms with Gasteiger partial charge < -0.3 is 4.74 Å². The first-order chi connectivity index (χ1) is 13.4. The number of halogens is 4. The summed E-state index contributed by atoms with van der Waals surface area (Å²) in [6, 6.07) is 17.8. The van der Waals surface area contributed by atoms with E-state index in [-0.39, 0.29) is 12.4 Å². The second kappa shape index (κ2) is 8.56. The van der Waals surface area contributed by atoms with Crippen molar-refractivity contribution >= 4 is 11.9 Å². The molecule has 0 amide bonds. The number of anilines is 1. The lowest BCUT2D eigenvalue weighted by molar-refractivity contribution is -0.137. The maximum Gasteiger partial charge on any atom is 0.416 e. The molecule has 0 radical (unpaired) electrons. The van der Waals surface area contributed by atoms with E-state index in [1.165, 1.54) is 30.5 Å². The highest BCUT2D eigenvalue weighted by molar-refractivity contribution is 5.84. The highest BCUT2D eigenvalue weighted by Crippen LogP contribution is 2.29. The summed E-state index contributed by atoms with van der Waals surface area (Å²) >= 11 is 0. The zero-order valence-electron chi connectivity index (χ0n) is 14.6. The minimum absolute atomic E-state index is 0.189. The van der Waals surface area contributed by atoms with E-state index in [1.807, 2.05) is 0 Å². The van der Waals surface area contributed by atoms with Gasteiger partial charge in [-0.2, -0.15) is 18.3 Å². The van der Waals surface area contributed by atoms with E-state index in [1.54, 1.807) is 36.4 Å². The molecule has 0 spiro atoms. The zero-order chi connectivity index (χ0) is 20.0. The molecule has 3 rings (SSSR count). The largest absolute Gasteiger partial charge is 0.488 e. The minimum Gasteiger partial charge on any atom is -0.488 e. The molecule has 3 aromatic rings. The van der Waals surface area contributed by atoms with Crippen molar-refractivity contribution in [2.75, 3.05) is 5.43 Å². The van der Waals surface area contributed by atoms with Gasteiger partial charge in [0.25, 0.3) is 0 Å². The lowest BCUT2D eigenvalue weighted by Gasteiger charge is -2.09. The van der Waals surface area contributed by atoms with Crippen LogP contribution in [0.15, 0.2) is 77.9 Å². The third kappa shape index (κ3) is 5.33. The summed E-state index contributed by atoms with van der Waals surface area (Å²) in [5, 5.41) is 4.04. The monoisotopic (exact) mass is 388 g/mol. The number of alkyl halides is 3. The summed E-state index contributed by atoms with van der Waals surface area (Å²) in [5.41, 5.74) is 3.73. The zero-order valence-corrected chi connectivity index (χ0v) is 14.6. The molecule has 0 unspecified atom stereocenters. The Labute approximate surface area is 159 Å². The third-order valence-corrected chi connectivity index (χ3v) is 3.81. The van der Waals surface area contributed by atoms with Gasteiger partial charge in [0, 0.05) is 5.56 Å². The van der Waals surface area contributed by atoms with E-state index < -0.39 is 11.7 Å². The number of ether oxygens (including phenoxy) is 1. The van der Waals surface area contributed by atoms with Crippen molar-refractivity contribution in [2.24, 2.45) is 5.10 Å². The molecule has 0 aliphatic rings. The van der Waals surface area contributed by atoms with Crippen molar-refractivity contribution < 1.29 is 22.3 Å². The Morgan fingerprint density at radius 3 is 2.39 bits per heavy atom. The van der Waals surface area contributed by atoms with Gasteiger partial charge in [0.1, 0.15) is 18.2 Å². The van der Waals surface area contributed by atoms with E-state index in [4.69, 9.17) is 4.74 Å². The van der Waals surface area contributed by atoms with Crippen molar-refractivity contribution in [3.05, 3.63) is 95.3 Å². The van der Waals surface area contributed by atoms with Gasteiger partial charge in [0.15, 0.2) is 0 Å². The number of nitrogens with zero attached hydrogens (tertiary/aromatic N) is 1. The predicted octanol–water partition coefficient (Wildman–Crippen LogP) is 5.87. The minimum atomic E-state index is -4.38. The first kappa shape index (κ1) is 19.4. The lowest BCUT2D eigenvalue weighted by Crippen LogP contribution is -2.04. The molecule has 0 saturated carbocycles. The molecule has 3 aromatic carbocycles. The van der Waals surface area contributed by atoms with Gasteiger partial charge in [0.2, 0.25) is 0 Å². The fraction of sp³-hybridized carbons (Fsp3) is 0.0952. The van der Waals surface area contributed by atoms with Gasteiger partial charge in [-0.3, -0.25) is 5.43 Å². The molecule has 0 bridgehead atoms. The molecule has 3 nitrogen and oxygen atoms in total.